The highest BCUT2D eigenvalue weighted by molar-refractivity contribution is 5.97. The lowest BCUT2D eigenvalue weighted by Gasteiger charge is -2.04. The summed E-state index contributed by atoms with van der Waals surface area (Å²) in [6.07, 6.45) is 0. The molecular weight excluding hydrogens is 250 g/mol. The van der Waals surface area contributed by atoms with Crippen molar-refractivity contribution in [2.75, 3.05) is 6.54 Å². The molecule has 1 amide bonds. The highest BCUT2D eigenvalue weighted by atomic mass is 16.3. The van der Waals surface area contributed by atoms with Crippen molar-refractivity contribution in [2.24, 2.45) is 0 Å². The fourth-order valence-corrected chi connectivity index (χ4v) is 1.72. The molecule has 0 aliphatic carbocycles. The van der Waals surface area contributed by atoms with Crippen LogP contribution in [0.3, 0.4) is 0 Å². The molecular formula is C17H15NO2. The zero-order chi connectivity index (χ0) is 14.4. The van der Waals surface area contributed by atoms with Gasteiger partial charge in [0.2, 0.25) is 0 Å². The Balaban J connectivity index is 1.95. The molecule has 0 aromatic heterocycles. The summed E-state index contributed by atoms with van der Waals surface area (Å²) in [6.45, 7) is 2.09. The van der Waals surface area contributed by atoms with Crippen molar-refractivity contribution >= 4 is 5.91 Å². The predicted octanol–water partition coefficient (Wildman–Crippen LogP) is 2.48. The average molecular weight is 265 g/mol. The van der Waals surface area contributed by atoms with E-state index in [1.165, 1.54) is 0 Å². The lowest BCUT2D eigenvalue weighted by molar-refractivity contribution is 0.0956. The Morgan fingerprint density at radius 1 is 1.20 bits per heavy atom. The van der Waals surface area contributed by atoms with E-state index in [1.54, 1.807) is 18.2 Å². The Kier molecular flexibility index (Phi) is 4.41. The Bertz CT molecular complexity index is 666. The fourth-order valence-electron chi connectivity index (χ4n) is 1.72. The fraction of sp³-hybridized carbons (Fsp3) is 0.118. The van der Waals surface area contributed by atoms with Crippen molar-refractivity contribution in [2.45, 2.75) is 6.92 Å². The standard InChI is InChI=1S/C17H15NO2/c1-13-9-10-15(16(19)12-13)17(20)18-11-5-8-14-6-3-2-4-7-14/h2-4,6-7,9-10,12,19H,11H2,1H3,(H,18,20). The maximum absolute atomic E-state index is 11.8. The van der Waals surface area contributed by atoms with Crippen LogP contribution in [0.1, 0.15) is 21.5 Å². The Hall–Kier alpha value is -2.73. The zero-order valence-corrected chi connectivity index (χ0v) is 11.2. The number of aromatic hydroxyl groups is 1. The van der Waals surface area contributed by atoms with Gasteiger partial charge >= 0.3 is 0 Å². The quantitative estimate of drug-likeness (QED) is 0.820. The van der Waals surface area contributed by atoms with Gasteiger partial charge in [0, 0.05) is 5.56 Å². The maximum atomic E-state index is 11.8. The van der Waals surface area contributed by atoms with E-state index in [2.05, 4.69) is 17.2 Å². The van der Waals surface area contributed by atoms with Crippen molar-refractivity contribution in [3.05, 3.63) is 65.2 Å². The molecule has 2 aromatic rings. The van der Waals surface area contributed by atoms with Crippen molar-refractivity contribution in [1.29, 1.82) is 0 Å². The van der Waals surface area contributed by atoms with Crippen molar-refractivity contribution in [3.8, 4) is 17.6 Å². The van der Waals surface area contributed by atoms with E-state index in [-0.39, 0.29) is 23.8 Å². The van der Waals surface area contributed by atoms with Gasteiger partial charge in [0.1, 0.15) is 5.75 Å². The first-order chi connectivity index (χ1) is 9.66. The second kappa shape index (κ2) is 6.44. The van der Waals surface area contributed by atoms with Crippen LogP contribution < -0.4 is 5.32 Å². The number of phenolic OH excluding ortho intramolecular Hbond substituents is 1. The third-order valence-electron chi connectivity index (χ3n) is 2.74. The number of amides is 1. The van der Waals surface area contributed by atoms with E-state index in [4.69, 9.17) is 0 Å². The van der Waals surface area contributed by atoms with Crippen LogP contribution in [-0.2, 0) is 0 Å². The third-order valence-corrected chi connectivity index (χ3v) is 2.74. The number of hydrogen-bond donors (Lipinski definition) is 2. The smallest absolute Gasteiger partial charge is 0.255 e. The van der Waals surface area contributed by atoms with E-state index in [0.717, 1.165) is 11.1 Å². The molecule has 100 valence electrons. The molecule has 3 nitrogen and oxygen atoms in total. The number of hydrogen-bond acceptors (Lipinski definition) is 2. The monoisotopic (exact) mass is 265 g/mol. The summed E-state index contributed by atoms with van der Waals surface area (Å²) in [6, 6.07) is 14.5. The molecule has 0 unspecified atom stereocenters. The lowest BCUT2D eigenvalue weighted by atomic mass is 10.1. The van der Waals surface area contributed by atoms with E-state index in [1.807, 2.05) is 37.3 Å². The Labute approximate surface area is 118 Å². The molecule has 3 heteroatoms. The molecule has 0 aliphatic rings. The third kappa shape index (κ3) is 3.63. The molecule has 0 aliphatic heterocycles. The van der Waals surface area contributed by atoms with Gasteiger partial charge in [-0.3, -0.25) is 4.79 Å². The molecule has 0 fully saturated rings. The van der Waals surface area contributed by atoms with E-state index < -0.39 is 0 Å². The highest BCUT2D eigenvalue weighted by Gasteiger charge is 2.09. The zero-order valence-electron chi connectivity index (χ0n) is 11.2. The minimum absolute atomic E-state index is 0.0153. The van der Waals surface area contributed by atoms with Gasteiger partial charge < -0.3 is 10.4 Å². The molecule has 2 aromatic carbocycles. The summed E-state index contributed by atoms with van der Waals surface area (Å²) in [5.74, 6) is 5.47. The van der Waals surface area contributed by atoms with Crippen LogP contribution in [0.25, 0.3) is 0 Å². The van der Waals surface area contributed by atoms with Crippen LogP contribution in [0.2, 0.25) is 0 Å². The molecule has 20 heavy (non-hydrogen) atoms. The normalized spacial score (nSPS) is 9.45. The first kappa shape index (κ1) is 13.7. The molecule has 2 N–H and O–H groups in total. The SMILES string of the molecule is Cc1ccc(C(=O)NCC#Cc2ccccc2)c(O)c1. The summed E-state index contributed by atoms with van der Waals surface area (Å²) in [4.78, 5) is 11.8. The predicted molar refractivity (Wildman–Crippen MR) is 78.5 cm³/mol. The number of benzene rings is 2. The van der Waals surface area contributed by atoms with Crippen molar-refractivity contribution < 1.29 is 9.90 Å². The number of aryl methyl sites for hydroxylation is 1. The summed E-state index contributed by atoms with van der Waals surface area (Å²) in [7, 11) is 0. The minimum Gasteiger partial charge on any atom is -0.507 e. The first-order valence-electron chi connectivity index (χ1n) is 6.28. The van der Waals surface area contributed by atoms with Gasteiger partial charge in [0.15, 0.2) is 0 Å². The van der Waals surface area contributed by atoms with Crippen LogP contribution in [0.4, 0.5) is 0 Å². The summed E-state index contributed by atoms with van der Waals surface area (Å²) in [5, 5.41) is 12.4. The van der Waals surface area contributed by atoms with E-state index in [9.17, 15) is 9.90 Å². The molecule has 2 rings (SSSR count). The first-order valence-corrected chi connectivity index (χ1v) is 6.28. The largest absolute Gasteiger partial charge is 0.507 e. The number of nitrogens with one attached hydrogen (secondary N) is 1. The van der Waals surface area contributed by atoms with E-state index in [0.29, 0.717) is 0 Å². The topological polar surface area (TPSA) is 49.3 Å². The van der Waals surface area contributed by atoms with Crippen LogP contribution in [0, 0.1) is 18.8 Å². The second-order valence-electron chi connectivity index (χ2n) is 4.37. The average Bonchev–Trinajstić information content (AvgIpc) is 2.44. The summed E-state index contributed by atoms with van der Waals surface area (Å²) in [5.41, 5.74) is 2.07. The van der Waals surface area contributed by atoms with Gasteiger partial charge in [-0.25, -0.2) is 0 Å². The van der Waals surface area contributed by atoms with Gasteiger partial charge in [-0.1, -0.05) is 36.1 Å². The minimum atomic E-state index is -0.329. The molecule has 0 saturated heterocycles. The van der Waals surface area contributed by atoms with Crippen LogP contribution >= 0.6 is 0 Å². The molecule has 0 heterocycles. The number of carbonyl (C=O) groups excluding carboxylic acids is 1. The maximum Gasteiger partial charge on any atom is 0.255 e. The Morgan fingerprint density at radius 2 is 1.95 bits per heavy atom. The highest BCUT2D eigenvalue weighted by Crippen LogP contribution is 2.17. The number of phenols is 1. The van der Waals surface area contributed by atoms with Crippen LogP contribution in [0.15, 0.2) is 48.5 Å². The van der Waals surface area contributed by atoms with Gasteiger partial charge in [0.05, 0.1) is 12.1 Å². The van der Waals surface area contributed by atoms with Crippen molar-refractivity contribution in [1.82, 2.24) is 5.32 Å². The molecule has 0 saturated carbocycles. The molecule has 0 bridgehead atoms. The van der Waals surface area contributed by atoms with Gasteiger partial charge in [0.25, 0.3) is 5.91 Å². The summed E-state index contributed by atoms with van der Waals surface area (Å²) < 4.78 is 0. The molecule has 0 atom stereocenters. The van der Waals surface area contributed by atoms with E-state index >= 15 is 0 Å². The molecule has 0 radical (unpaired) electrons. The molecule has 0 spiro atoms. The number of carbonyl (C=O) groups is 1. The lowest BCUT2D eigenvalue weighted by Crippen LogP contribution is -2.23. The van der Waals surface area contributed by atoms with Crippen LogP contribution in [-0.4, -0.2) is 17.6 Å². The van der Waals surface area contributed by atoms with Gasteiger partial charge in [-0.05, 0) is 36.8 Å². The van der Waals surface area contributed by atoms with Gasteiger partial charge in [-0.2, -0.15) is 0 Å². The van der Waals surface area contributed by atoms with Crippen LogP contribution in [0.5, 0.6) is 5.75 Å². The summed E-state index contributed by atoms with van der Waals surface area (Å²) >= 11 is 0. The number of rotatable bonds is 2. The van der Waals surface area contributed by atoms with Gasteiger partial charge in [-0.15, -0.1) is 0 Å². The Morgan fingerprint density at radius 3 is 2.65 bits per heavy atom. The van der Waals surface area contributed by atoms with Crippen molar-refractivity contribution in [3.63, 3.8) is 0 Å². The second-order valence-corrected chi connectivity index (χ2v) is 4.37.